The Bertz CT molecular complexity index is 524. The van der Waals surface area contributed by atoms with E-state index in [1.165, 1.54) is 11.3 Å². The highest BCUT2D eigenvalue weighted by atomic mass is 79.9. The lowest BCUT2D eigenvalue weighted by Gasteiger charge is -2.01. The summed E-state index contributed by atoms with van der Waals surface area (Å²) in [5.41, 5.74) is 6.83. The lowest BCUT2D eigenvalue weighted by Crippen LogP contribution is -2.04. The number of thiophene rings is 1. The van der Waals surface area contributed by atoms with Crippen molar-refractivity contribution in [3.05, 3.63) is 50.4 Å². The first-order valence-corrected chi connectivity index (χ1v) is 6.32. The van der Waals surface area contributed by atoms with Crippen molar-refractivity contribution in [2.75, 3.05) is 0 Å². The number of ketones is 1. The first kappa shape index (κ1) is 11.4. The standard InChI is InChI=1S/C11H9BrN2OS/c12-9-2-4-16-11(9)10(15)7-1-3-14-8(5-7)6-13/h1-5H,6,13H2. The minimum Gasteiger partial charge on any atom is -0.325 e. The van der Waals surface area contributed by atoms with Gasteiger partial charge in [-0.3, -0.25) is 9.78 Å². The Labute approximate surface area is 105 Å². The summed E-state index contributed by atoms with van der Waals surface area (Å²) < 4.78 is 0.827. The Morgan fingerprint density at radius 1 is 1.50 bits per heavy atom. The quantitative estimate of drug-likeness (QED) is 0.886. The largest absolute Gasteiger partial charge is 0.325 e. The average Bonchev–Trinajstić information content (AvgIpc) is 2.74. The zero-order chi connectivity index (χ0) is 11.5. The number of pyridine rings is 1. The third kappa shape index (κ3) is 2.21. The Morgan fingerprint density at radius 2 is 2.31 bits per heavy atom. The van der Waals surface area contributed by atoms with Crippen LogP contribution in [0.2, 0.25) is 0 Å². The van der Waals surface area contributed by atoms with Crippen molar-refractivity contribution < 1.29 is 4.79 Å². The molecule has 0 aromatic carbocycles. The SMILES string of the molecule is NCc1cc(C(=O)c2sccc2Br)ccn1. The number of hydrogen-bond acceptors (Lipinski definition) is 4. The molecule has 0 radical (unpaired) electrons. The molecule has 0 saturated heterocycles. The Morgan fingerprint density at radius 3 is 2.94 bits per heavy atom. The van der Waals surface area contributed by atoms with Gasteiger partial charge in [0.05, 0.1) is 10.6 Å². The van der Waals surface area contributed by atoms with Crippen LogP contribution in [0.15, 0.2) is 34.2 Å². The van der Waals surface area contributed by atoms with Crippen molar-refractivity contribution in [1.82, 2.24) is 4.98 Å². The highest BCUT2D eigenvalue weighted by Gasteiger charge is 2.14. The van der Waals surface area contributed by atoms with Crippen molar-refractivity contribution >= 4 is 33.0 Å². The second kappa shape index (κ2) is 4.86. The van der Waals surface area contributed by atoms with E-state index in [9.17, 15) is 4.79 Å². The molecule has 16 heavy (non-hydrogen) atoms. The normalized spacial score (nSPS) is 10.4. The molecule has 0 atom stereocenters. The van der Waals surface area contributed by atoms with E-state index >= 15 is 0 Å². The first-order valence-electron chi connectivity index (χ1n) is 4.65. The number of aromatic nitrogens is 1. The Hall–Kier alpha value is -1.04. The lowest BCUT2D eigenvalue weighted by molar-refractivity contribution is 0.104. The van der Waals surface area contributed by atoms with Crippen molar-refractivity contribution in [3.8, 4) is 0 Å². The van der Waals surface area contributed by atoms with Crippen LogP contribution in [-0.2, 0) is 6.54 Å². The second-order valence-electron chi connectivity index (χ2n) is 3.17. The van der Waals surface area contributed by atoms with Gasteiger partial charge in [0.25, 0.3) is 0 Å². The number of carbonyl (C=O) groups is 1. The Kier molecular flexibility index (Phi) is 3.48. The molecular weight excluding hydrogens is 288 g/mol. The van der Waals surface area contributed by atoms with E-state index in [2.05, 4.69) is 20.9 Å². The number of carbonyl (C=O) groups excluding carboxylic acids is 1. The summed E-state index contributed by atoms with van der Waals surface area (Å²) in [7, 11) is 0. The van der Waals surface area contributed by atoms with Gasteiger partial charge >= 0.3 is 0 Å². The fraction of sp³-hybridized carbons (Fsp3) is 0.0909. The molecule has 0 aliphatic carbocycles. The van der Waals surface area contributed by atoms with Gasteiger partial charge in [0.2, 0.25) is 5.78 Å². The van der Waals surface area contributed by atoms with Crippen LogP contribution in [-0.4, -0.2) is 10.8 Å². The molecule has 0 aliphatic heterocycles. The van der Waals surface area contributed by atoms with Crippen LogP contribution in [0.3, 0.4) is 0 Å². The van der Waals surface area contributed by atoms with Gasteiger partial charge in [0.15, 0.2) is 0 Å². The van der Waals surface area contributed by atoms with E-state index in [1.54, 1.807) is 18.3 Å². The zero-order valence-electron chi connectivity index (χ0n) is 8.31. The fourth-order valence-electron chi connectivity index (χ4n) is 1.32. The minimum atomic E-state index is -0.000949. The summed E-state index contributed by atoms with van der Waals surface area (Å²) in [6, 6.07) is 5.30. The molecule has 0 fully saturated rings. The fourth-order valence-corrected chi connectivity index (χ4v) is 2.83. The highest BCUT2D eigenvalue weighted by molar-refractivity contribution is 9.10. The molecule has 0 aliphatic rings. The van der Waals surface area contributed by atoms with Crippen LogP contribution in [0.4, 0.5) is 0 Å². The van der Waals surface area contributed by atoms with Crippen LogP contribution in [0.25, 0.3) is 0 Å². The molecule has 2 N–H and O–H groups in total. The van der Waals surface area contributed by atoms with Crippen LogP contribution < -0.4 is 5.73 Å². The zero-order valence-corrected chi connectivity index (χ0v) is 10.7. The summed E-state index contributed by atoms with van der Waals surface area (Å²) in [5, 5.41) is 1.88. The van der Waals surface area contributed by atoms with Crippen molar-refractivity contribution in [3.63, 3.8) is 0 Å². The maximum atomic E-state index is 12.1. The lowest BCUT2D eigenvalue weighted by atomic mass is 10.1. The molecule has 5 heteroatoms. The number of nitrogens with zero attached hydrogens (tertiary/aromatic N) is 1. The van der Waals surface area contributed by atoms with Crippen LogP contribution in [0, 0.1) is 0 Å². The monoisotopic (exact) mass is 296 g/mol. The van der Waals surface area contributed by atoms with E-state index in [-0.39, 0.29) is 5.78 Å². The molecule has 2 heterocycles. The predicted molar refractivity (Wildman–Crippen MR) is 67.6 cm³/mol. The average molecular weight is 297 g/mol. The van der Waals surface area contributed by atoms with Crippen molar-refractivity contribution in [2.45, 2.75) is 6.54 Å². The van der Waals surface area contributed by atoms with E-state index in [4.69, 9.17) is 5.73 Å². The topological polar surface area (TPSA) is 56.0 Å². The van der Waals surface area contributed by atoms with Gasteiger partial charge in [-0.2, -0.15) is 0 Å². The molecule has 0 unspecified atom stereocenters. The smallest absolute Gasteiger partial charge is 0.204 e. The summed E-state index contributed by atoms with van der Waals surface area (Å²) in [5.74, 6) is -0.000949. The maximum absolute atomic E-state index is 12.1. The summed E-state index contributed by atoms with van der Waals surface area (Å²) in [6.07, 6.45) is 1.61. The minimum absolute atomic E-state index is 0.000949. The molecule has 3 nitrogen and oxygen atoms in total. The molecule has 0 spiro atoms. The highest BCUT2D eigenvalue weighted by Crippen LogP contribution is 2.25. The summed E-state index contributed by atoms with van der Waals surface area (Å²) in [4.78, 5) is 16.9. The van der Waals surface area contributed by atoms with Gasteiger partial charge in [-0.15, -0.1) is 11.3 Å². The number of nitrogens with two attached hydrogens (primary N) is 1. The van der Waals surface area contributed by atoms with E-state index in [0.717, 1.165) is 10.2 Å². The van der Waals surface area contributed by atoms with Crippen molar-refractivity contribution in [2.24, 2.45) is 5.73 Å². The molecular formula is C11H9BrN2OS. The van der Waals surface area contributed by atoms with Gasteiger partial charge in [0, 0.05) is 22.8 Å². The summed E-state index contributed by atoms with van der Waals surface area (Å²) in [6.45, 7) is 0.340. The van der Waals surface area contributed by atoms with E-state index < -0.39 is 0 Å². The van der Waals surface area contributed by atoms with Crippen LogP contribution in [0.5, 0.6) is 0 Å². The van der Waals surface area contributed by atoms with Gasteiger partial charge < -0.3 is 5.73 Å². The number of rotatable bonds is 3. The van der Waals surface area contributed by atoms with Crippen LogP contribution >= 0.6 is 27.3 Å². The van der Waals surface area contributed by atoms with E-state index in [0.29, 0.717) is 17.0 Å². The molecule has 82 valence electrons. The van der Waals surface area contributed by atoms with Gasteiger partial charge in [-0.25, -0.2) is 0 Å². The Balaban J connectivity index is 2.38. The van der Waals surface area contributed by atoms with Gasteiger partial charge in [-0.1, -0.05) is 0 Å². The van der Waals surface area contributed by atoms with Gasteiger partial charge in [-0.05, 0) is 39.5 Å². The molecule has 0 bridgehead atoms. The third-order valence-corrected chi connectivity index (χ3v) is 3.95. The third-order valence-electron chi connectivity index (χ3n) is 2.11. The number of halogens is 1. The van der Waals surface area contributed by atoms with E-state index in [1.807, 2.05) is 11.4 Å². The van der Waals surface area contributed by atoms with Crippen molar-refractivity contribution in [1.29, 1.82) is 0 Å². The van der Waals surface area contributed by atoms with Crippen LogP contribution in [0.1, 0.15) is 20.9 Å². The second-order valence-corrected chi connectivity index (χ2v) is 4.94. The maximum Gasteiger partial charge on any atom is 0.204 e. The molecule has 2 aromatic rings. The first-order chi connectivity index (χ1) is 7.72. The molecule has 2 rings (SSSR count). The molecule has 2 aromatic heterocycles. The predicted octanol–water partition coefficient (Wildman–Crippen LogP) is 2.60. The number of hydrogen-bond donors (Lipinski definition) is 1. The summed E-state index contributed by atoms with van der Waals surface area (Å²) >= 11 is 4.77. The van der Waals surface area contributed by atoms with Gasteiger partial charge in [0.1, 0.15) is 0 Å². The molecule has 0 saturated carbocycles. The molecule has 0 amide bonds.